The highest BCUT2D eigenvalue weighted by Gasteiger charge is 2.39. The van der Waals surface area contributed by atoms with Crippen LogP contribution in [0, 0.1) is 0 Å². The second-order valence-electron chi connectivity index (χ2n) is 9.29. The summed E-state index contributed by atoms with van der Waals surface area (Å²) >= 11 is 0. The first-order chi connectivity index (χ1) is 15.1. The average Bonchev–Trinajstić information content (AvgIpc) is 2.81. The molecule has 0 saturated carbocycles. The number of piperidine rings is 1. The van der Waals surface area contributed by atoms with Gasteiger partial charge in [0.1, 0.15) is 5.82 Å². The molecule has 0 atom stereocenters. The fraction of sp³-hybridized carbons (Fsp3) is 0.462. The lowest BCUT2D eigenvalue weighted by molar-refractivity contribution is -0.119. The number of anilines is 1. The van der Waals surface area contributed by atoms with Crippen LogP contribution in [0.2, 0.25) is 0 Å². The van der Waals surface area contributed by atoms with Gasteiger partial charge in [-0.3, -0.25) is 9.59 Å². The second kappa shape index (κ2) is 8.03. The van der Waals surface area contributed by atoms with Crippen LogP contribution in [0.5, 0.6) is 0 Å². The van der Waals surface area contributed by atoms with Crippen molar-refractivity contribution in [1.82, 2.24) is 10.3 Å². The summed E-state index contributed by atoms with van der Waals surface area (Å²) in [6.07, 6.45) is 10.0. The van der Waals surface area contributed by atoms with Gasteiger partial charge in [-0.05, 0) is 73.3 Å². The fourth-order valence-corrected chi connectivity index (χ4v) is 5.75. The average molecular weight is 418 g/mol. The number of aryl methyl sites for hydroxylation is 1. The van der Waals surface area contributed by atoms with Crippen molar-refractivity contribution in [3.8, 4) is 0 Å². The fourth-order valence-electron chi connectivity index (χ4n) is 5.75. The lowest BCUT2D eigenvalue weighted by Crippen LogP contribution is -2.44. The number of amides is 1. The molecule has 1 aliphatic heterocycles. The van der Waals surface area contributed by atoms with Gasteiger partial charge < -0.3 is 15.2 Å². The third-order valence-corrected chi connectivity index (χ3v) is 7.61. The van der Waals surface area contributed by atoms with Crippen LogP contribution in [0.3, 0.4) is 0 Å². The van der Waals surface area contributed by atoms with Crippen molar-refractivity contribution in [2.24, 2.45) is 0 Å². The molecule has 1 fully saturated rings. The SMILES string of the molecule is CNC(=O)CC1=CCC2(CCN(c3cc4c(c(=O)[nH]3)CCCC4)CC2)c2ccccc21. The highest BCUT2D eigenvalue weighted by molar-refractivity contribution is 5.90. The number of hydrogen-bond donors (Lipinski definition) is 2. The minimum absolute atomic E-state index is 0.0585. The molecule has 1 aromatic carbocycles. The number of nitrogens with one attached hydrogen (secondary N) is 2. The number of H-pyrrole nitrogens is 1. The van der Waals surface area contributed by atoms with E-state index in [1.165, 1.54) is 23.1 Å². The van der Waals surface area contributed by atoms with E-state index in [1.807, 2.05) is 0 Å². The first-order valence-corrected chi connectivity index (χ1v) is 11.6. The number of carbonyl (C=O) groups is 1. The molecule has 0 radical (unpaired) electrons. The molecular formula is C26H31N3O2. The van der Waals surface area contributed by atoms with Crippen LogP contribution in [-0.2, 0) is 23.1 Å². The van der Waals surface area contributed by atoms with Crippen molar-refractivity contribution in [3.63, 3.8) is 0 Å². The molecule has 1 spiro atoms. The van der Waals surface area contributed by atoms with Crippen LogP contribution in [0.25, 0.3) is 5.57 Å². The number of carbonyl (C=O) groups excluding carboxylic acids is 1. The molecule has 5 nitrogen and oxygen atoms in total. The number of aromatic nitrogens is 1. The van der Waals surface area contributed by atoms with E-state index in [0.29, 0.717) is 6.42 Å². The third kappa shape index (κ3) is 3.60. The van der Waals surface area contributed by atoms with Gasteiger partial charge in [0.15, 0.2) is 0 Å². The van der Waals surface area contributed by atoms with E-state index in [-0.39, 0.29) is 16.9 Å². The van der Waals surface area contributed by atoms with Gasteiger partial charge >= 0.3 is 0 Å². The first-order valence-electron chi connectivity index (χ1n) is 11.6. The minimum atomic E-state index is 0.0585. The Kier molecular flexibility index (Phi) is 5.20. The Morgan fingerprint density at radius 3 is 2.74 bits per heavy atom. The quantitative estimate of drug-likeness (QED) is 0.800. The third-order valence-electron chi connectivity index (χ3n) is 7.61. The van der Waals surface area contributed by atoms with E-state index in [9.17, 15) is 9.59 Å². The van der Waals surface area contributed by atoms with Gasteiger partial charge in [0.2, 0.25) is 5.91 Å². The van der Waals surface area contributed by atoms with Crippen LogP contribution in [0.1, 0.15) is 60.8 Å². The topological polar surface area (TPSA) is 65.2 Å². The predicted molar refractivity (Wildman–Crippen MR) is 125 cm³/mol. The van der Waals surface area contributed by atoms with E-state index in [1.54, 1.807) is 7.05 Å². The highest BCUT2D eigenvalue weighted by atomic mass is 16.1. The molecule has 2 aromatic rings. The number of hydrogen-bond acceptors (Lipinski definition) is 3. The summed E-state index contributed by atoms with van der Waals surface area (Å²) in [6, 6.07) is 10.8. The van der Waals surface area contributed by atoms with Crippen molar-refractivity contribution >= 4 is 17.3 Å². The summed E-state index contributed by atoms with van der Waals surface area (Å²) in [5.74, 6) is 1.05. The molecule has 2 N–H and O–H groups in total. The van der Waals surface area contributed by atoms with E-state index >= 15 is 0 Å². The van der Waals surface area contributed by atoms with Gasteiger partial charge in [-0.2, -0.15) is 0 Å². The zero-order valence-electron chi connectivity index (χ0n) is 18.3. The summed E-state index contributed by atoms with van der Waals surface area (Å²) in [4.78, 5) is 30.1. The molecule has 2 heterocycles. The number of pyridine rings is 1. The molecule has 162 valence electrons. The number of nitrogens with zero attached hydrogens (tertiary/aromatic N) is 1. The molecule has 1 saturated heterocycles. The molecule has 31 heavy (non-hydrogen) atoms. The Bertz CT molecular complexity index is 1090. The number of allylic oxidation sites excluding steroid dienone is 1. The Morgan fingerprint density at radius 2 is 1.94 bits per heavy atom. The highest BCUT2D eigenvalue weighted by Crippen LogP contribution is 2.47. The van der Waals surface area contributed by atoms with Gasteiger partial charge in [0, 0.05) is 31.1 Å². The van der Waals surface area contributed by atoms with Crippen LogP contribution in [-0.4, -0.2) is 31.0 Å². The van der Waals surface area contributed by atoms with E-state index in [4.69, 9.17) is 0 Å². The minimum Gasteiger partial charge on any atom is -0.359 e. The van der Waals surface area contributed by atoms with Crippen molar-refractivity contribution < 1.29 is 4.79 Å². The van der Waals surface area contributed by atoms with Crippen molar-refractivity contribution in [2.75, 3.05) is 25.0 Å². The summed E-state index contributed by atoms with van der Waals surface area (Å²) < 4.78 is 0. The van der Waals surface area contributed by atoms with Gasteiger partial charge in [-0.1, -0.05) is 30.3 Å². The summed E-state index contributed by atoms with van der Waals surface area (Å²) in [7, 11) is 1.69. The Labute approximate surface area is 183 Å². The van der Waals surface area contributed by atoms with Crippen LogP contribution >= 0.6 is 0 Å². The second-order valence-corrected chi connectivity index (χ2v) is 9.29. The van der Waals surface area contributed by atoms with Crippen LogP contribution < -0.4 is 15.8 Å². The molecule has 1 amide bonds. The van der Waals surface area contributed by atoms with E-state index in [2.05, 4.69) is 51.6 Å². The Morgan fingerprint density at radius 1 is 1.16 bits per heavy atom. The normalized spacial score (nSPS) is 19.4. The number of aromatic amines is 1. The van der Waals surface area contributed by atoms with Gasteiger partial charge in [0.25, 0.3) is 5.56 Å². The lowest BCUT2D eigenvalue weighted by Gasteiger charge is -2.45. The molecular weight excluding hydrogens is 386 g/mol. The number of benzene rings is 1. The zero-order valence-corrected chi connectivity index (χ0v) is 18.3. The first kappa shape index (κ1) is 20.1. The lowest BCUT2D eigenvalue weighted by atomic mass is 9.65. The maximum atomic E-state index is 12.6. The predicted octanol–water partition coefficient (Wildman–Crippen LogP) is 3.72. The van der Waals surface area contributed by atoms with E-state index in [0.717, 1.165) is 68.6 Å². The van der Waals surface area contributed by atoms with Gasteiger partial charge in [0.05, 0.1) is 6.42 Å². The van der Waals surface area contributed by atoms with Crippen molar-refractivity contribution in [1.29, 1.82) is 0 Å². The van der Waals surface area contributed by atoms with Gasteiger partial charge in [-0.15, -0.1) is 0 Å². The number of rotatable bonds is 3. The standard InChI is InChI=1S/C26H31N3O2/c1-27-24(30)17-19-10-11-26(22-9-5-4-7-20(19)22)12-14-29(15-13-26)23-16-18-6-2-3-8-21(18)25(31)28-23/h4-5,7,9-10,16H,2-3,6,8,11-15,17H2,1H3,(H,27,30)(H,28,31). The zero-order chi connectivity index (χ0) is 21.4. The largest absolute Gasteiger partial charge is 0.359 e. The molecule has 0 unspecified atom stereocenters. The van der Waals surface area contributed by atoms with Crippen molar-refractivity contribution in [3.05, 3.63) is 69.0 Å². The maximum Gasteiger partial charge on any atom is 0.252 e. The van der Waals surface area contributed by atoms with Crippen LogP contribution in [0.15, 0.2) is 41.2 Å². The Balaban J connectivity index is 1.38. The molecule has 1 aromatic heterocycles. The number of fused-ring (bicyclic) bond motifs is 3. The summed E-state index contributed by atoms with van der Waals surface area (Å²) in [6.45, 7) is 1.86. The molecule has 5 heteroatoms. The summed E-state index contributed by atoms with van der Waals surface area (Å²) in [5, 5.41) is 2.75. The molecule has 3 aliphatic rings. The van der Waals surface area contributed by atoms with Gasteiger partial charge in [-0.25, -0.2) is 0 Å². The Hall–Kier alpha value is -2.82. The smallest absolute Gasteiger partial charge is 0.252 e. The molecule has 2 aliphatic carbocycles. The van der Waals surface area contributed by atoms with E-state index < -0.39 is 0 Å². The van der Waals surface area contributed by atoms with Crippen molar-refractivity contribution in [2.45, 2.75) is 56.8 Å². The van der Waals surface area contributed by atoms with Crippen LogP contribution in [0.4, 0.5) is 5.82 Å². The monoisotopic (exact) mass is 417 g/mol. The maximum absolute atomic E-state index is 12.6. The molecule has 5 rings (SSSR count). The molecule has 0 bridgehead atoms. The summed E-state index contributed by atoms with van der Waals surface area (Å²) in [5.41, 5.74) is 6.23.